The van der Waals surface area contributed by atoms with E-state index in [4.69, 9.17) is 4.79 Å². The maximum atomic E-state index is 13.3. The Morgan fingerprint density at radius 2 is 1.29 bits per heavy atom. The summed E-state index contributed by atoms with van der Waals surface area (Å²) in [5, 5.41) is 6.21. The molecule has 0 heterocycles. The lowest BCUT2D eigenvalue weighted by atomic mass is 9.53. The fourth-order valence-electron chi connectivity index (χ4n) is 5.89. The van der Waals surface area contributed by atoms with Crippen molar-refractivity contribution in [3.05, 3.63) is 59.7 Å². The van der Waals surface area contributed by atoms with E-state index in [1.54, 1.807) is 7.05 Å². The summed E-state index contributed by atoms with van der Waals surface area (Å²) < 4.78 is 0. The summed E-state index contributed by atoms with van der Waals surface area (Å²) in [6.07, 6.45) is 6.79. The number of imide groups is 1. The normalized spacial score (nSPS) is 20.3. The molecule has 3 aliphatic rings. The molecule has 3 saturated carbocycles. The van der Waals surface area contributed by atoms with Gasteiger partial charge in [0.15, 0.2) is 0 Å². The van der Waals surface area contributed by atoms with Gasteiger partial charge in [-0.05, 0) is 86.8 Å². The Labute approximate surface area is 246 Å². The minimum absolute atomic E-state index is 0.0151. The average Bonchev–Trinajstić information content (AvgIpc) is 3.03. The monoisotopic (exact) mass is 576 g/mol. The largest absolute Gasteiger partial charge is 0.355 e. The van der Waals surface area contributed by atoms with Crippen molar-refractivity contribution in [2.45, 2.75) is 58.3 Å². The summed E-state index contributed by atoms with van der Waals surface area (Å²) in [5.74, 6) is -0.181. The number of amides is 5. The lowest BCUT2D eigenvalue weighted by Crippen LogP contribution is -2.53. The molecular weight excluding hydrogens is 536 g/mol. The second-order valence-electron chi connectivity index (χ2n) is 11.2. The third-order valence-electron chi connectivity index (χ3n) is 8.80. The van der Waals surface area contributed by atoms with E-state index in [0.717, 1.165) is 28.1 Å². The summed E-state index contributed by atoms with van der Waals surface area (Å²) in [4.78, 5) is 70.4. The standard InChI is InChI=1S/C31H38N4O5.CH2O/c1-23(38)35(22-37)20-12-25-3-7-26(8-4-25)33-29(40)31-16-13-30(14-17-31,15-18-31)28(39)32-19-11-24-5-9-27(10-6-24)34(2)21-36;1-2/h3-10,21-22H,11-20H2,1-2H3,(H,32,39)(H,33,40);1H2. The smallest absolute Gasteiger partial charge is 0.230 e. The lowest BCUT2D eigenvalue weighted by molar-refractivity contribution is -0.147. The van der Waals surface area contributed by atoms with E-state index in [1.807, 2.05) is 55.3 Å². The quantitative estimate of drug-likeness (QED) is 0.373. The van der Waals surface area contributed by atoms with Crippen LogP contribution in [0.2, 0.25) is 0 Å². The molecule has 5 amide bonds. The molecule has 42 heavy (non-hydrogen) atoms. The second-order valence-corrected chi connectivity index (χ2v) is 11.2. The van der Waals surface area contributed by atoms with E-state index in [9.17, 15) is 24.0 Å². The summed E-state index contributed by atoms with van der Waals surface area (Å²) in [7, 11) is 1.71. The van der Waals surface area contributed by atoms with Crippen LogP contribution in [0.1, 0.15) is 56.6 Å². The Hall–Kier alpha value is -4.34. The molecule has 2 aromatic carbocycles. The third kappa shape index (κ3) is 7.48. The van der Waals surface area contributed by atoms with E-state index in [0.29, 0.717) is 76.6 Å². The van der Waals surface area contributed by atoms with Crippen molar-refractivity contribution >= 4 is 48.7 Å². The number of benzene rings is 2. The highest BCUT2D eigenvalue weighted by molar-refractivity contribution is 5.96. The molecule has 3 fully saturated rings. The van der Waals surface area contributed by atoms with Gasteiger partial charge in [0, 0.05) is 49.3 Å². The molecular formula is C32H40N4O6. The predicted octanol–water partition coefficient (Wildman–Crippen LogP) is 3.28. The van der Waals surface area contributed by atoms with E-state index in [1.165, 1.54) is 11.8 Å². The van der Waals surface area contributed by atoms with Gasteiger partial charge >= 0.3 is 0 Å². The molecule has 2 N–H and O–H groups in total. The Morgan fingerprint density at radius 1 is 0.786 bits per heavy atom. The van der Waals surface area contributed by atoms with Gasteiger partial charge in [-0.25, -0.2) is 0 Å². The molecule has 0 atom stereocenters. The summed E-state index contributed by atoms with van der Waals surface area (Å²) >= 11 is 0. The van der Waals surface area contributed by atoms with Gasteiger partial charge in [-0.3, -0.25) is 28.9 Å². The van der Waals surface area contributed by atoms with Crippen molar-refractivity contribution in [3.63, 3.8) is 0 Å². The number of hydrogen-bond acceptors (Lipinski definition) is 6. The Balaban J connectivity index is 0.00000237. The van der Waals surface area contributed by atoms with Crippen LogP contribution in [-0.2, 0) is 41.6 Å². The van der Waals surface area contributed by atoms with Crippen molar-refractivity contribution in [1.29, 1.82) is 0 Å². The zero-order valence-electron chi connectivity index (χ0n) is 24.4. The van der Waals surface area contributed by atoms with E-state index < -0.39 is 10.8 Å². The first-order valence-electron chi connectivity index (χ1n) is 14.2. The molecule has 2 aromatic rings. The van der Waals surface area contributed by atoms with Gasteiger partial charge in [0.25, 0.3) is 0 Å². The molecule has 0 saturated heterocycles. The van der Waals surface area contributed by atoms with Crippen LogP contribution < -0.4 is 15.5 Å². The van der Waals surface area contributed by atoms with Crippen LogP contribution in [0.3, 0.4) is 0 Å². The number of carbonyl (C=O) groups is 6. The van der Waals surface area contributed by atoms with Gasteiger partial charge in [0.1, 0.15) is 6.79 Å². The van der Waals surface area contributed by atoms with Crippen molar-refractivity contribution in [2.75, 3.05) is 30.4 Å². The Kier molecular flexibility index (Phi) is 11.1. The van der Waals surface area contributed by atoms with Gasteiger partial charge in [0.05, 0.1) is 0 Å². The number of anilines is 2. The molecule has 0 aromatic heterocycles. The molecule has 0 aliphatic heterocycles. The highest BCUT2D eigenvalue weighted by Crippen LogP contribution is 2.57. The van der Waals surface area contributed by atoms with Gasteiger partial charge in [0.2, 0.25) is 30.5 Å². The maximum absolute atomic E-state index is 13.3. The number of nitrogens with one attached hydrogen (secondary N) is 2. The minimum Gasteiger partial charge on any atom is -0.355 e. The molecule has 0 spiro atoms. The molecule has 0 unspecified atom stereocenters. The maximum Gasteiger partial charge on any atom is 0.230 e. The Morgan fingerprint density at radius 3 is 1.79 bits per heavy atom. The molecule has 10 nitrogen and oxygen atoms in total. The van der Waals surface area contributed by atoms with Crippen LogP contribution in [0.15, 0.2) is 48.5 Å². The Bertz CT molecular complexity index is 1240. The zero-order valence-corrected chi connectivity index (χ0v) is 24.4. The highest BCUT2D eigenvalue weighted by Gasteiger charge is 2.55. The van der Waals surface area contributed by atoms with Crippen LogP contribution in [-0.4, -0.2) is 62.4 Å². The summed E-state index contributed by atoms with van der Waals surface area (Å²) in [5.41, 5.74) is 2.77. The van der Waals surface area contributed by atoms with Crippen molar-refractivity contribution in [1.82, 2.24) is 10.2 Å². The number of hydrogen-bond donors (Lipinski definition) is 2. The first-order chi connectivity index (χ1) is 20.2. The van der Waals surface area contributed by atoms with Gasteiger partial charge < -0.3 is 20.3 Å². The van der Waals surface area contributed by atoms with Crippen LogP contribution >= 0.6 is 0 Å². The van der Waals surface area contributed by atoms with Gasteiger partial charge in [-0.1, -0.05) is 24.3 Å². The van der Waals surface area contributed by atoms with Crippen LogP contribution in [0.25, 0.3) is 0 Å². The fourth-order valence-corrected chi connectivity index (χ4v) is 5.89. The molecule has 2 bridgehead atoms. The molecule has 3 aliphatic carbocycles. The average molecular weight is 577 g/mol. The summed E-state index contributed by atoms with van der Waals surface area (Å²) in [6, 6.07) is 15.2. The number of nitrogens with zero attached hydrogens (tertiary/aromatic N) is 2. The molecule has 0 radical (unpaired) electrons. The summed E-state index contributed by atoms with van der Waals surface area (Å²) in [6.45, 7) is 4.22. The number of fused-ring (bicyclic) bond motifs is 3. The van der Waals surface area contributed by atoms with E-state index >= 15 is 0 Å². The van der Waals surface area contributed by atoms with E-state index in [2.05, 4.69) is 10.6 Å². The van der Waals surface area contributed by atoms with Crippen LogP contribution in [0.5, 0.6) is 0 Å². The first kappa shape index (κ1) is 32.2. The van der Waals surface area contributed by atoms with Crippen molar-refractivity contribution < 1.29 is 28.8 Å². The minimum atomic E-state index is -0.441. The first-order valence-corrected chi connectivity index (χ1v) is 14.2. The van der Waals surface area contributed by atoms with Gasteiger partial charge in [-0.15, -0.1) is 0 Å². The lowest BCUT2D eigenvalue weighted by Gasteiger charge is -2.51. The zero-order chi connectivity index (χ0) is 30.8. The topological polar surface area (TPSA) is 133 Å². The highest BCUT2D eigenvalue weighted by atomic mass is 16.2. The van der Waals surface area contributed by atoms with Gasteiger partial charge in [-0.2, -0.15) is 0 Å². The fraction of sp³-hybridized carbons (Fsp3) is 0.438. The molecule has 224 valence electrons. The van der Waals surface area contributed by atoms with Crippen molar-refractivity contribution in [3.8, 4) is 0 Å². The number of carbonyl (C=O) groups excluding carboxylic acids is 6. The van der Waals surface area contributed by atoms with Crippen LogP contribution in [0, 0.1) is 10.8 Å². The van der Waals surface area contributed by atoms with E-state index in [-0.39, 0.29) is 17.7 Å². The van der Waals surface area contributed by atoms with Crippen molar-refractivity contribution in [2.24, 2.45) is 10.8 Å². The second kappa shape index (κ2) is 14.5. The molecule has 10 heteroatoms. The predicted molar refractivity (Wildman–Crippen MR) is 160 cm³/mol. The van der Waals surface area contributed by atoms with Crippen LogP contribution in [0.4, 0.5) is 11.4 Å². The SMILES string of the molecule is C=O.CC(=O)N(C=O)CCc1ccc(NC(=O)C23CCC(C(=O)NCCc4ccc(N(C)C=O)cc4)(CC2)CC3)cc1. The molecule has 5 rings (SSSR count). The third-order valence-corrected chi connectivity index (χ3v) is 8.80. The number of rotatable bonds is 12.